The smallest absolute Gasteiger partial charge is 0.141 e. The molecule has 2 N–H and O–H groups in total. The molecule has 0 unspecified atom stereocenters. The van der Waals surface area contributed by atoms with E-state index in [1.165, 1.54) is 0 Å². The van der Waals surface area contributed by atoms with Crippen LogP contribution in [0.4, 0.5) is 5.82 Å². The fourth-order valence-corrected chi connectivity index (χ4v) is 1.42. The quantitative estimate of drug-likeness (QED) is 0.803. The van der Waals surface area contributed by atoms with E-state index in [2.05, 4.69) is 26.4 Å². The molecule has 5 nitrogen and oxygen atoms in total. The summed E-state index contributed by atoms with van der Waals surface area (Å²) in [6, 6.07) is 0. The first-order valence-electron chi connectivity index (χ1n) is 4.86. The molecule has 0 radical (unpaired) electrons. The number of aryl methyl sites for hydroxylation is 1. The Labute approximate surface area is 88.0 Å². The number of rotatable bonds is 3. The highest BCUT2D eigenvalue weighted by molar-refractivity contribution is 5.22. The summed E-state index contributed by atoms with van der Waals surface area (Å²) >= 11 is 0. The molecule has 0 spiro atoms. The van der Waals surface area contributed by atoms with Crippen LogP contribution in [0.1, 0.15) is 18.4 Å². The van der Waals surface area contributed by atoms with E-state index in [4.69, 9.17) is 5.73 Å². The number of hydrogen-bond donors (Lipinski definition) is 1. The molecule has 0 bridgehead atoms. The van der Waals surface area contributed by atoms with Crippen LogP contribution in [0.2, 0.25) is 0 Å². The van der Waals surface area contributed by atoms with Crippen molar-refractivity contribution in [3.63, 3.8) is 0 Å². The van der Waals surface area contributed by atoms with Crippen LogP contribution < -0.4 is 5.73 Å². The summed E-state index contributed by atoms with van der Waals surface area (Å²) in [4.78, 5) is 12.4. The Kier molecular flexibility index (Phi) is 2.62. The third-order valence-corrected chi connectivity index (χ3v) is 2.18. The van der Waals surface area contributed by atoms with E-state index in [0.717, 1.165) is 17.9 Å². The molecule has 78 valence electrons. The molecule has 5 heteroatoms. The Hall–Kier alpha value is -1.91. The zero-order valence-corrected chi connectivity index (χ0v) is 8.59. The fraction of sp³-hybridized carbons (Fsp3) is 0.300. The minimum Gasteiger partial charge on any atom is -0.382 e. The molecule has 0 saturated carbocycles. The molecule has 0 aliphatic heterocycles. The van der Waals surface area contributed by atoms with E-state index in [9.17, 15) is 0 Å². The lowest BCUT2D eigenvalue weighted by Gasteiger charge is -2.05. The third kappa shape index (κ3) is 2.12. The van der Waals surface area contributed by atoms with Crippen LogP contribution in [0.25, 0.3) is 0 Å². The molecule has 0 aliphatic carbocycles. The van der Waals surface area contributed by atoms with Gasteiger partial charge in [0.1, 0.15) is 11.6 Å². The van der Waals surface area contributed by atoms with E-state index in [0.29, 0.717) is 12.4 Å². The summed E-state index contributed by atoms with van der Waals surface area (Å²) in [7, 11) is 0. The first-order chi connectivity index (χ1) is 7.29. The molecular formula is C10H13N5. The molecule has 15 heavy (non-hydrogen) atoms. The van der Waals surface area contributed by atoms with Gasteiger partial charge in [-0.1, -0.05) is 6.92 Å². The van der Waals surface area contributed by atoms with Crippen molar-refractivity contribution in [3.05, 3.63) is 36.3 Å². The molecule has 2 aromatic rings. The van der Waals surface area contributed by atoms with Crippen LogP contribution in [-0.4, -0.2) is 19.5 Å². The van der Waals surface area contributed by atoms with E-state index in [1.54, 1.807) is 18.6 Å². The molecule has 0 atom stereocenters. The highest BCUT2D eigenvalue weighted by Crippen LogP contribution is 2.03. The van der Waals surface area contributed by atoms with Crippen LogP contribution in [0.3, 0.4) is 0 Å². The van der Waals surface area contributed by atoms with Gasteiger partial charge in [0.05, 0.1) is 24.6 Å². The summed E-state index contributed by atoms with van der Waals surface area (Å²) in [5, 5.41) is 0. The predicted molar refractivity (Wildman–Crippen MR) is 57.2 cm³/mol. The van der Waals surface area contributed by atoms with Gasteiger partial charge < -0.3 is 10.3 Å². The lowest BCUT2D eigenvalue weighted by molar-refractivity contribution is 0.713. The van der Waals surface area contributed by atoms with Crippen LogP contribution >= 0.6 is 0 Å². The van der Waals surface area contributed by atoms with E-state index >= 15 is 0 Å². The van der Waals surface area contributed by atoms with Gasteiger partial charge in [-0.15, -0.1) is 0 Å². The third-order valence-electron chi connectivity index (χ3n) is 2.18. The largest absolute Gasteiger partial charge is 0.382 e. The normalized spacial score (nSPS) is 10.5. The van der Waals surface area contributed by atoms with Gasteiger partial charge in [-0.25, -0.2) is 9.97 Å². The van der Waals surface area contributed by atoms with Crippen molar-refractivity contribution in [2.45, 2.75) is 19.9 Å². The molecule has 0 fully saturated rings. The molecule has 2 rings (SSSR count). The number of anilines is 1. The molecular weight excluding hydrogens is 190 g/mol. The average molecular weight is 203 g/mol. The Bertz CT molecular complexity index is 431. The van der Waals surface area contributed by atoms with Crippen LogP contribution in [0, 0.1) is 0 Å². The maximum absolute atomic E-state index is 5.46. The second kappa shape index (κ2) is 4.08. The zero-order valence-electron chi connectivity index (χ0n) is 8.59. The molecule has 0 aromatic carbocycles. The Morgan fingerprint density at radius 3 is 2.80 bits per heavy atom. The molecule has 0 aliphatic rings. The Balaban J connectivity index is 2.18. The molecule has 0 saturated heterocycles. The van der Waals surface area contributed by atoms with Crippen LogP contribution in [0.15, 0.2) is 24.8 Å². The summed E-state index contributed by atoms with van der Waals surface area (Å²) in [5.74, 6) is 1.49. The lowest BCUT2D eigenvalue weighted by atomic mass is 10.4. The monoisotopic (exact) mass is 203 g/mol. The second-order valence-electron chi connectivity index (χ2n) is 3.26. The highest BCUT2D eigenvalue weighted by Gasteiger charge is 2.02. The van der Waals surface area contributed by atoms with E-state index < -0.39 is 0 Å². The maximum atomic E-state index is 5.46. The maximum Gasteiger partial charge on any atom is 0.141 e. The minimum absolute atomic E-state index is 0.445. The topological polar surface area (TPSA) is 69.6 Å². The fourth-order valence-electron chi connectivity index (χ4n) is 1.42. The summed E-state index contributed by atoms with van der Waals surface area (Å²) in [5.41, 5.74) is 6.35. The zero-order chi connectivity index (χ0) is 10.7. The van der Waals surface area contributed by atoms with Gasteiger partial charge in [0.2, 0.25) is 0 Å². The number of hydrogen-bond acceptors (Lipinski definition) is 4. The lowest BCUT2D eigenvalue weighted by Crippen LogP contribution is -2.05. The average Bonchev–Trinajstić information content (AvgIpc) is 2.69. The second-order valence-corrected chi connectivity index (χ2v) is 3.26. The van der Waals surface area contributed by atoms with Gasteiger partial charge in [-0.3, -0.25) is 4.98 Å². The van der Waals surface area contributed by atoms with Crippen molar-refractivity contribution in [2.24, 2.45) is 0 Å². The Morgan fingerprint density at radius 1 is 1.27 bits per heavy atom. The Morgan fingerprint density at radius 2 is 2.13 bits per heavy atom. The summed E-state index contributed by atoms with van der Waals surface area (Å²) in [6.07, 6.45) is 7.91. The van der Waals surface area contributed by atoms with Crippen molar-refractivity contribution < 1.29 is 0 Å². The summed E-state index contributed by atoms with van der Waals surface area (Å²) < 4.78 is 2.06. The molecule has 0 amide bonds. The van der Waals surface area contributed by atoms with E-state index in [-0.39, 0.29) is 0 Å². The van der Waals surface area contributed by atoms with Gasteiger partial charge in [0, 0.05) is 18.8 Å². The van der Waals surface area contributed by atoms with Gasteiger partial charge in [-0.2, -0.15) is 0 Å². The van der Waals surface area contributed by atoms with Crippen LogP contribution in [0.5, 0.6) is 0 Å². The minimum atomic E-state index is 0.445. The molecule has 2 heterocycles. The first-order valence-corrected chi connectivity index (χ1v) is 4.86. The number of aromatic nitrogens is 4. The van der Waals surface area contributed by atoms with Gasteiger partial charge in [0.25, 0.3) is 0 Å². The van der Waals surface area contributed by atoms with Crippen molar-refractivity contribution in [1.29, 1.82) is 0 Å². The predicted octanol–water partition coefficient (Wildman–Crippen LogP) is 0.866. The summed E-state index contributed by atoms with van der Waals surface area (Å²) in [6.45, 7) is 2.77. The van der Waals surface area contributed by atoms with Crippen molar-refractivity contribution in [1.82, 2.24) is 19.5 Å². The number of nitrogen functional groups attached to an aromatic ring is 1. The van der Waals surface area contributed by atoms with Crippen LogP contribution in [-0.2, 0) is 13.0 Å². The first kappa shape index (κ1) is 9.64. The highest BCUT2D eigenvalue weighted by atomic mass is 15.1. The standard InChI is InChI=1S/C10H13N5/c1-2-10-12-3-4-15(10)7-8-5-14-9(11)6-13-8/h3-6H,2,7H2,1H3,(H2,11,14). The van der Waals surface area contributed by atoms with Gasteiger partial charge in [-0.05, 0) is 0 Å². The van der Waals surface area contributed by atoms with Crippen molar-refractivity contribution >= 4 is 5.82 Å². The van der Waals surface area contributed by atoms with E-state index in [1.807, 2.05) is 6.20 Å². The van der Waals surface area contributed by atoms with Gasteiger partial charge >= 0.3 is 0 Å². The number of imidazole rings is 1. The SMILES string of the molecule is CCc1nccn1Cc1cnc(N)cn1. The molecule has 2 aromatic heterocycles. The number of nitrogens with two attached hydrogens (primary N) is 1. The number of nitrogens with zero attached hydrogens (tertiary/aromatic N) is 4. The van der Waals surface area contributed by atoms with Crippen molar-refractivity contribution in [3.8, 4) is 0 Å². The van der Waals surface area contributed by atoms with Crippen molar-refractivity contribution in [2.75, 3.05) is 5.73 Å². The van der Waals surface area contributed by atoms with Gasteiger partial charge in [0.15, 0.2) is 0 Å².